The van der Waals surface area contributed by atoms with Gasteiger partial charge in [0, 0.05) is 24.5 Å². The van der Waals surface area contributed by atoms with Crippen molar-refractivity contribution in [3.05, 3.63) is 35.7 Å². The van der Waals surface area contributed by atoms with Gasteiger partial charge in [0.2, 0.25) is 0 Å². The van der Waals surface area contributed by atoms with Crippen LogP contribution in [-0.2, 0) is 14.9 Å². The Bertz CT molecular complexity index is 538. The molecule has 0 bridgehead atoms. The van der Waals surface area contributed by atoms with Gasteiger partial charge < -0.3 is 15.0 Å². The van der Waals surface area contributed by atoms with E-state index in [0.29, 0.717) is 12.0 Å². The summed E-state index contributed by atoms with van der Waals surface area (Å²) < 4.78 is 4.52. The molecule has 1 heterocycles. The molecule has 0 radical (unpaired) electrons. The number of esters is 1. The normalized spacial score (nSPS) is 13.1. The van der Waals surface area contributed by atoms with Crippen molar-refractivity contribution in [2.75, 3.05) is 7.11 Å². The zero-order valence-electron chi connectivity index (χ0n) is 14.0. The van der Waals surface area contributed by atoms with Crippen LogP contribution in [0.2, 0.25) is 0 Å². The number of aromatic nitrogens is 1. The van der Waals surface area contributed by atoms with Crippen LogP contribution in [0, 0.1) is 0 Å². The summed E-state index contributed by atoms with van der Waals surface area (Å²) in [6, 6.07) is 0.0255. The van der Waals surface area contributed by atoms with Crippen molar-refractivity contribution in [3.63, 3.8) is 0 Å². The number of amides is 1. The van der Waals surface area contributed by atoms with Gasteiger partial charge in [0.15, 0.2) is 0 Å². The molecule has 0 aliphatic heterocycles. The Morgan fingerprint density at radius 2 is 2.05 bits per heavy atom. The molecule has 22 heavy (non-hydrogen) atoms. The maximum absolute atomic E-state index is 12.3. The predicted octanol–water partition coefficient (Wildman–Crippen LogP) is 2.94. The van der Waals surface area contributed by atoms with E-state index in [4.69, 9.17) is 0 Å². The van der Waals surface area contributed by atoms with Crippen LogP contribution in [0.3, 0.4) is 0 Å². The smallest absolute Gasteiger partial charge is 0.330 e. The number of carbonyl (C=O) groups excluding carboxylic acids is 2. The van der Waals surface area contributed by atoms with Crippen LogP contribution < -0.4 is 5.32 Å². The van der Waals surface area contributed by atoms with E-state index < -0.39 is 0 Å². The Balaban J connectivity index is 2.53. The molecule has 0 spiro atoms. The SMILES string of the molecule is COC(=O)/C=C/CC[C@@H](C)NC(=O)c1c[nH]cc1C(C)(C)C. The largest absolute Gasteiger partial charge is 0.466 e. The third kappa shape index (κ3) is 5.39. The second-order valence-electron chi connectivity index (χ2n) is 6.41. The van der Waals surface area contributed by atoms with E-state index in [1.807, 2.05) is 13.1 Å². The van der Waals surface area contributed by atoms with Gasteiger partial charge in [-0.05, 0) is 30.7 Å². The van der Waals surface area contributed by atoms with E-state index in [1.54, 1.807) is 12.3 Å². The van der Waals surface area contributed by atoms with Crippen molar-refractivity contribution in [1.29, 1.82) is 0 Å². The third-order valence-corrected chi connectivity index (χ3v) is 3.40. The zero-order valence-corrected chi connectivity index (χ0v) is 14.0. The third-order valence-electron chi connectivity index (χ3n) is 3.40. The van der Waals surface area contributed by atoms with Crippen LogP contribution in [0.5, 0.6) is 0 Å². The molecule has 1 aromatic heterocycles. The van der Waals surface area contributed by atoms with E-state index in [2.05, 4.69) is 35.8 Å². The van der Waals surface area contributed by atoms with Crippen LogP contribution in [0.4, 0.5) is 0 Å². The molecular weight excluding hydrogens is 280 g/mol. The lowest BCUT2D eigenvalue weighted by molar-refractivity contribution is -0.134. The van der Waals surface area contributed by atoms with Crippen molar-refractivity contribution < 1.29 is 14.3 Å². The molecule has 0 aliphatic carbocycles. The van der Waals surface area contributed by atoms with Gasteiger partial charge in [-0.15, -0.1) is 0 Å². The van der Waals surface area contributed by atoms with Crippen molar-refractivity contribution in [1.82, 2.24) is 10.3 Å². The van der Waals surface area contributed by atoms with Crippen molar-refractivity contribution in [2.24, 2.45) is 0 Å². The van der Waals surface area contributed by atoms with Gasteiger partial charge in [-0.2, -0.15) is 0 Å². The van der Waals surface area contributed by atoms with Gasteiger partial charge in [-0.1, -0.05) is 26.8 Å². The minimum absolute atomic E-state index is 0.0255. The summed E-state index contributed by atoms with van der Waals surface area (Å²) in [5.74, 6) is -0.436. The summed E-state index contributed by atoms with van der Waals surface area (Å²) in [5, 5.41) is 2.99. The van der Waals surface area contributed by atoms with Gasteiger partial charge in [0.25, 0.3) is 5.91 Å². The first-order valence-corrected chi connectivity index (χ1v) is 7.48. The zero-order chi connectivity index (χ0) is 16.8. The van der Waals surface area contributed by atoms with Gasteiger partial charge in [-0.3, -0.25) is 4.79 Å². The molecule has 0 fully saturated rings. The van der Waals surface area contributed by atoms with E-state index in [0.717, 1.165) is 12.0 Å². The second kappa shape index (κ2) is 7.82. The first-order chi connectivity index (χ1) is 10.3. The van der Waals surface area contributed by atoms with Gasteiger partial charge in [0.05, 0.1) is 12.7 Å². The van der Waals surface area contributed by atoms with Crippen molar-refractivity contribution in [3.8, 4) is 0 Å². The Hall–Kier alpha value is -2.04. The second-order valence-corrected chi connectivity index (χ2v) is 6.41. The van der Waals surface area contributed by atoms with Gasteiger partial charge in [0.1, 0.15) is 0 Å². The fraction of sp³-hybridized carbons (Fsp3) is 0.529. The fourth-order valence-corrected chi connectivity index (χ4v) is 2.14. The maximum atomic E-state index is 12.3. The molecule has 5 heteroatoms. The highest BCUT2D eigenvalue weighted by Crippen LogP contribution is 2.25. The van der Waals surface area contributed by atoms with Crippen LogP contribution in [0.15, 0.2) is 24.5 Å². The summed E-state index contributed by atoms with van der Waals surface area (Å²) in [4.78, 5) is 26.3. The number of aromatic amines is 1. The highest BCUT2D eigenvalue weighted by Gasteiger charge is 2.23. The van der Waals surface area contributed by atoms with E-state index >= 15 is 0 Å². The molecule has 0 unspecified atom stereocenters. The molecule has 1 aromatic rings. The Labute approximate surface area is 132 Å². The lowest BCUT2D eigenvalue weighted by atomic mass is 9.86. The summed E-state index contributed by atoms with van der Waals surface area (Å²) in [5.41, 5.74) is 1.60. The average Bonchev–Trinajstić information content (AvgIpc) is 2.92. The van der Waals surface area contributed by atoms with Crippen molar-refractivity contribution in [2.45, 2.75) is 52.0 Å². The van der Waals surface area contributed by atoms with Gasteiger partial charge >= 0.3 is 5.97 Å². The number of carbonyl (C=O) groups is 2. The molecule has 5 nitrogen and oxygen atoms in total. The minimum atomic E-state index is -0.362. The predicted molar refractivity (Wildman–Crippen MR) is 86.8 cm³/mol. The molecule has 1 atom stereocenters. The summed E-state index contributed by atoms with van der Waals surface area (Å²) in [6.07, 6.45) is 8.23. The monoisotopic (exact) mass is 306 g/mol. The number of methoxy groups -OCH3 is 1. The molecule has 0 saturated carbocycles. The maximum Gasteiger partial charge on any atom is 0.330 e. The van der Waals surface area contributed by atoms with Crippen molar-refractivity contribution >= 4 is 11.9 Å². The van der Waals surface area contributed by atoms with Gasteiger partial charge in [-0.25, -0.2) is 4.79 Å². The number of rotatable bonds is 6. The number of hydrogen-bond donors (Lipinski definition) is 2. The number of ether oxygens (including phenoxy) is 1. The number of H-pyrrole nitrogens is 1. The Kier molecular flexibility index (Phi) is 6.40. The number of allylic oxidation sites excluding steroid dienone is 1. The van der Waals surface area contributed by atoms with Crippen LogP contribution in [0.25, 0.3) is 0 Å². The van der Waals surface area contributed by atoms with E-state index in [1.165, 1.54) is 13.2 Å². The van der Waals surface area contributed by atoms with Crippen LogP contribution >= 0.6 is 0 Å². The lowest BCUT2D eigenvalue weighted by Crippen LogP contribution is -2.33. The molecule has 2 N–H and O–H groups in total. The first-order valence-electron chi connectivity index (χ1n) is 7.48. The molecule has 0 saturated heterocycles. The fourth-order valence-electron chi connectivity index (χ4n) is 2.14. The minimum Gasteiger partial charge on any atom is -0.466 e. The topological polar surface area (TPSA) is 71.2 Å². The van der Waals surface area contributed by atoms with Crippen LogP contribution in [-0.4, -0.2) is 30.0 Å². The standard InChI is InChI=1S/C17H26N2O3/c1-12(8-6-7-9-15(20)22-5)19-16(21)13-10-18-11-14(13)17(2,3)4/h7,9-12,18H,6,8H2,1-5H3,(H,19,21)/b9-7+/t12-/m1/s1. The number of hydrogen-bond acceptors (Lipinski definition) is 3. The number of nitrogens with one attached hydrogen (secondary N) is 2. The summed E-state index contributed by atoms with van der Waals surface area (Å²) >= 11 is 0. The van der Waals surface area contributed by atoms with E-state index in [-0.39, 0.29) is 23.3 Å². The highest BCUT2D eigenvalue weighted by atomic mass is 16.5. The quantitative estimate of drug-likeness (QED) is 0.627. The molecular formula is C17H26N2O3. The Morgan fingerprint density at radius 3 is 2.64 bits per heavy atom. The highest BCUT2D eigenvalue weighted by molar-refractivity contribution is 5.96. The Morgan fingerprint density at radius 1 is 1.36 bits per heavy atom. The summed E-state index contributed by atoms with van der Waals surface area (Å²) in [7, 11) is 1.35. The summed E-state index contributed by atoms with van der Waals surface area (Å²) in [6.45, 7) is 8.18. The molecule has 122 valence electrons. The average molecular weight is 306 g/mol. The first kappa shape index (κ1) is 18.0. The lowest BCUT2D eigenvalue weighted by Gasteiger charge is -2.20. The molecule has 0 aromatic carbocycles. The molecule has 1 amide bonds. The molecule has 0 aliphatic rings. The van der Waals surface area contributed by atoms with Crippen LogP contribution in [0.1, 0.15) is 56.5 Å². The van der Waals surface area contributed by atoms with E-state index in [9.17, 15) is 9.59 Å². The molecule has 1 rings (SSSR count).